The molecule has 0 atom stereocenters. The predicted molar refractivity (Wildman–Crippen MR) is 95.8 cm³/mol. The summed E-state index contributed by atoms with van der Waals surface area (Å²) < 4.78 is 9.94. The lowest BCUT2D eigenvalue weighted by molar-refractivity contribution is -0.111. The average Bonchev–Trinajstić information content (AvgIpc) is 2.86. The van der Waals surface area contributed by atoms with Gasteiger partial charge in [0.25, 0.3) is 0 Å². The number of methoxy groups -OCH3 is 2. The Balaban J connectivity index is 2.16. The van der Waals surface area contributed by atoms with Gasteiger partial charge in [-0.25, -0.2) is 4.79 Å². The molecule has 0 bridgehead atoms. The maximum Gasteiger partial charge on any atom is 0.341 e. The number of esters is 1. The Morgan fingerprint density at radius 2 is 1.96 bits per heavy atom. The molecule has 1 aromatic heterocycles. The second-order valence-electron chi connectivity index (χ2n) is 5.08. The highest BCUT2D eigenvalue weighted by molar-refractivity contribution is 7.16. The number of carbonyl (C=O) groups excluding carboxylic acids is 2. The van der Waals surface area contributed by atoms with E-state index >= 15 is 0 Å². The smallest absolute Gasteiger partial charge is 0.341 e. The Kier molecular flexibility index (Phi) is 5.76. The third kappa shape index (κ3) is 4.02. The zero-order chi connectivity index (χ0) is 17.7. The van der Waals surface area contributed by atoms with Crippen LogP contribution in [0.3, 0.4) is 0 Å². The molecule has 0 unspecified atom stereocenters. The molecular weight excluding hydrogens is 326 g/mol. The molecule has 0 aliphatic rings. The number of carbonyl (C=O) groups is 2. The van der Waals surface area contributed by atoms with E-state index in [2.05, 4.69) is 5.32 Å². The summed E-state index contributed by atoms with van der Waals surface area (Å²) in [6.45, 7) is 3.73. The number of rotatable bonds is 5. The van der Waals surface area contributed by atoms with Crippen molar-refractivity contribution in [3.63, 3.8) is 0 Å². The normalized spacial score (nSPS) is 10.7. The van der Waals surface area contributed by atoms with Crippen LogP contribution >= 0.6 is 11.3 Å². The van der Waals surface area contributed by atoms with Gasteiger partial charge in [0.1, 0.15) is 10.8 Å². The summed E-state index contributed by atoms with van der Waals surface area (Å²) >= 11 is 1.35. The van der Waals surface area contributed by atoms with Gasteiger partial charge in [0.2, 0.25) is 5.91 Å². The van der Waals surface area contributed by atoms with Crippen molar-refractivity contribution in [2.24, 2.45) is 0 Å². The van der Waals surface area contributed by atoms with Crippen LogP contribution in [-0.2, 0) is 9.53 Å². The van der Waals surface area contributed by atoms with E-state index in [1.807, 2.05) is 38.1 Å². The molecule has 1 amide bonds. The molecular formula is C18H19NO4S. The lowest BCUT2D eigenvalue weighted by Crippen LogP contribution is -2.11. The van der Waals surface area contributed by atoms with E-state index in [9.17, 15) is 9.59 Å². The Morgan fingerprint density at radius 3 is 2.62 bits per heavy atom. The van der Waals surface area contributed by atoms with Crippen LogP contribution in [0, 0.1) is 13.8 Å². The second-order valence-corrected chi connectivity index (χ2v) is 6.30. The van der Waals surface area contributed by atoms with Gasteiger partial charge in [0, 0.05) is 11.0 Å². The number of nitrogens with one attached hydrogen (secondary N) is 1. The monoisotopic (exact) mass is 345 g/mol. The number of aryl methyl sites for hydroxylation is 1. The van der Waals surface area contributed by atoms with Crippen molar-refractivity contribution in [2.45, 2.75) is 13.8 Å². The highest BCUT2D eigenvalue weighted by Crippen LogP contribution is 2.32. The summed E-state index contributed by atoms with van der Waals surface area (Å²) in [5.74, 6) is -0.0526. The van der Waals surface area contributed by atoms with Crippen LogP contribution in [0.4, 0.5) is 5.00 Å². The number of anilines is 1. The van der Waals surface area contributed by atoms with Crippen LogP contribution in [0.25, 0.3) is 6.08 Å². The molecule has 0 spiro atoms. The molecule has 24 heavy (non-hydrogen) atoms. The highest BCUT2D eigenvalue weighted by atomic mass is 32.1. The minimum Gasteiger partial charge on any atom is -0.497 e. The van der Waals surface area contributed by atoms with Gasteiger partial charge >= 0.3 is 5.97 Å². The average molecular weight is 345 g/mol. The molecule has 5 nitrogen and oxygen atoms in total. The van der Waals surface area contributed by atoms with Crippen LogP contribution < -0.4 is 10.1 Å². The number of hydrogen-bond acceptors (Lipinski definition) is 5. The quantitative estimate of drug-likeness (QED) is 0.661. The van der Waals surface area contributed by atoms with Crippen LogP contribution in [-0.4, -0.2) is 26.1 Å². The molecule has 6 heteroatoms. The van der Waals surface area contributed by atoms with E-state index < -0.39 is 5.97 Å². The lowest BCUT2D eigenvalue weighted by Gasteiger charge is -2.04. The summed E-state index contributed by atoms with van der Waals surface area (Å²) in [5, 5.41) is 3.24. The van der Waals surface area contributed by atoms with Crippen LogP contribution in [0.1, 0.15) is 26.4 Å². The maximum absolute atomic E-state index is 12.1. The van der Waals surface area contributed by atoms with Crippen LogP contribution in [0.15, 0.2) is 30.3 Å². The lowest BCUT2D eigenvalue weighted by atomic mass is 10.1. The van der Waals surface area contributed by atoms with Crippen molar-refractivity contribution in [2.75, 3.05) is 19.5 Å². The Morgan fingerprint density at radius 1 is 1.21 bits per heavy atom. The van der Waals surface area contributed by atoms with E-state index in [0.717, 1.165) is 21.8 Å². The number of benzene rings is 1. The Bertz CT molecular complexity index is 792. The molecule has 0 fully saturated rings. The predicted octanol–water partition coefficient (Wildman–Crippen LogP) is 3.81. The summed E-state index contributed by atoms with van der Waals surface area (Å²) in [5.41, 5.74) is 2.07. The van der Waals surface area contributed by atoms with Crippen molar-refractivity contribution in [1.82, 2.24) is 0 Å². The number of hydrogen-bond donors (Lipinski definition) is 1. The Labute approximate surface area is 144 Å². The van der Waals surface area contributed by atoms with Crippen LogP contribution in [0.2, 0.25) is 0 Å². The minimum absolute atomic E-state index is 0.316. The van der Waals surface area contributed by atoms with Crippen molar-refractivity contribution in [3.05, 3.63) is 51.9 Å². The fraction of sp³-hybridized carbons (Fsp3) is 0.222. The molecule has 2 aromatic rings. The fourth-order valence-electron chi connectivity index (χ4n) is 2.13. The molecule has 0 saturated carbocycles. The molecule has 1 N–H and O–H groups in total. The highest BCUT2D eigenvalue weighted by Gasteiger charge is 2.20. The summed E-state index contributed by atoms with van der Waals surface area (Å²) in [7, 11) is 2.91. The topological polar surface area (TPSA) is 64.6 Å². The first-order chi connectivity index (χ1) is 11.5. The largest absolute Gasteiger partial charge is 0.497 e. The molecule has 0 radical (unpaired) electrons. The van der Waals surface area contributed by atoms with Gasteiger partial charge in [-0.1, -0.05) is 12.1 Å². The molecule has 1 heterocycles. The summed E-state index contributed by atoms with van der Waals surface area (Å²) in [4.78, 5) is 25.0. The third-order valence-electron chi connectivity index (χ3n) is 3.53. The molecule has 126 valence electrons. The molecule has 0 aliphatic heterocycles. The van der Waals surface area contributed by atoms with Crippen LogP contribution in [0.5, 0.6) is 5.75 Å². The van der Waals surface area contributed by atoms with Gasteiger partial charge in [0.15, 0.2) is 0 Å². The maximum atomic E-state index is 12.1. The first-order valence-corrected chi connectivity index (χ1v) is 8.09. The van der Waals surface area contributed by atoms with Gasteiger partial charge in [0.05, 0.1) is 19.8 Å². The molecule has 0 saturated heterocycles. The van der Waals surface area contributed by atoms with Crippen molar-refractivity contribution >= 4 is 34.3 Å². The second kappa shape index (κ2) is 7.79. The number of ether oxygens (including phenoxy) is 2. The first kappa shape index (κ1) is 17.7. The number of amides is 1. The molecule has 0 aliphatic carbocycles. The molecule has 2 rings (SSSR count). The van der Waals surface area contributed by atoms with Gasteiger partial charge in [-0.15, -0.1) is 11.3 Å². The summed E-state index contributed by atoms with van der Waals surface area (Å²) in [6.07, 6.45) is 3.10. The standard InChI is InChI=1S/C18H19NO4S/c1-11-12(2)24-17(16(11)18(21)23-4)19-15(20)9-8-13-6-5-7-14(10-13)22-3/h5-10H,1-4H3,(H,19,20)/b9-8+. The SMILES string of the molecule is COC(=O)c1c(NC(=O)/C=C/c2cccc(OC)c2)sc(C)c1C. The third-order valence-corrected chi connectivity index (χ3v) is 4.66. The zero-order valence-corrected chi connectivity index (χ0v) is 14.8. The number of thiophene rings is 1. The van der Waals surface area contributed by atoms with Crippen molar-refractivity contribution < 1.29 is 19.1 Å². The van der Waals surface area contributed by atoms with E-state index in [0.29, 0.717) is 10.6 Å². The fourth-order valence-corrected chi connectivity index (χ4v) is 3.18. The van der Waals surface area contributed by atoms with Crippen molar-refractivity contribution in [1.29, 1.82) is 0 Å². The Hall–Kier alpha value is -2.60. The van der Waals surface area contributed by atoms with E-state index in [1.54, 1.807) is 13.2 Å². The first-order valence-electron chi connectivity index (χ1n) is 7.27. The zero-order valence-electron chi connectivity index (χ0n) is 14.0. The summed E-state index contributed by atoms with van der Waals surface area (Å²) in [6, 6.07) is 7.36. The van der Waals surface area contributed by atoms with Gasteiger partial charge in [-0.3, -0.25) is 4.79 Å². The van der Waals surface area contributed by atoms with Gasteiger partial charge in [-0.05, 0) is 43.2 Å². The minimum atomic E-state index is -0.455. The van der Waals surface area contributed by atoms with E-state index in [4.69, 9.17) is 9.47 Å². The van der Waals surface area contributed by atoms with Crippen molar-refractivity contribution in [3.8, 4) is 5.75 Å². The van der Waals surface area contributed by atoms with Gasteiger partial charge < -0.3 is 14.8 Å². The van der Waals surface area contributed by atoms with E-state index in [-0.39, 0.29) is 5.91 Å². The molecule has 1 aromatic carbocycles. The van der Waals surface area contributed by atoms with E-state index in [1.165, 1.54) is 24.5 Å². The van der Waals surface area contributed by atoms with Gasteiger partial charge in [-0.2, -0.15) is 0 Å².